The monoisotopic (exact) mass is 475 g/mol. The Labute approximate surface area is 206 Å². The molecule has 3 N–H and O–H groups in total. The van der Waals surface area contributed by atoms with Crippen LogP contribution in [0.25, 0.3) is 11.3 Å². The predicted molar refractivity (Wildman–Crippen MR) is 134 cm³/mol. The summed E-state index contributed by atoms with van der Waals surface area (Å²) in [4.78, 5) is 27.9. The first-order valence-corrected chi connectivity index (χ1v) is 11.8. The molecule has 0 fully saturated rings. The lowest BCUT2D eigenvalue weighted by atomic mass is 9.99. The van der Waals surface area contributed by atoms with Crippen molar-refractivity contribution in [1.29, 1.82) is 0 Å². The first-order valence-electron chi connectivity index (χ1n) is 11.8. The smallest absolute Gasteiger partial charge is 0.247 e. The van der Waals surface area contributed by atoms with Crippen molar-refractivity contribution in [2.24, 2.45) is 12.8 Å². The van der Waals surface area contributed by atoms with Crippen LogP contribution in [0.2, 0.25) is 0 Å². The number of fused-ring (bicyclic) bond motifs is 1. The zero-order valence-corrected chi connectivity index (χ0v) is 20.5. The average molecular weight is 476 g/mol. The number of carbonyl (C=O) groups is 2. The summed E-state index contributed by atoms with van der Waals surface area (Å²) in [7, 11) is 1.93. The van der Waals surface area contributed by atoms with Crippen LogP contribution in [0.5, 0.6) is 0 Å². The van der Waals surface area contributed by atoms with Crippen LogP contribution >= 0.6 is 0 Å². The summed E-state index contributed by atoms with van der Waals surface area (Å²) in [6.07, 6.45) is 0.688. The normalized spacial score (nSPS) is 14.3. The molecular formula is C27H33N5O3. The van der Waals surface area contributed by atoms with E-state index in [9.17, 15) is 9.59 Å². The second kappa shape index (κ2) is 10.4. The first kappa shape index (κ1) is 24.6. The number of aryl methyl sites for hydroxylation is 1. The van der Waals surface area contributed by atoms with Gasteiger partial charge < -0.3 is 20.7 Å². The number of carbonyl (C=O) groups excluding carboxylic acids is 2. The molecule has 3 aromatic rings. The Morgan fingerprint density at radius 3 is 2.43 bits per heavy atom. The van der Waals surface area contributed by atoms with Gasteiger partial charge in [0.1, 0.15) is 6.04 Å². The van der Waals surface area contributed by atoms with E-state index in [0.717, 1.165) is 28.1 Å². The van der Waals surface area contributed by atoms with Crippen LogP contribution in [-0.4, -0.2) is 51.2 Å². The van der Waals surface area contributed by atoms with Crippen molar-refractivity contribution in [3.8, 4) is 11.3 Å². The lowest BCUT2D eigenvalue weighted by molar-refractivity contribution is -0.140. The fourth-order valence-corrected chi connectivity index (χ4v) is 4.27. The SMILES string of the molecule is Cn1nc2c(c1-c1ccccc1)CCN(C(=O)[C@@H](COCc1ccccc1)NC(=O)C(C)(C)N)C2. The number of nitrogens with one attached hydrogen (secondary N) is 1. The molecule has 0 saturated carbocycles. The number of nitrogens with two attached hydrogens (primary N) is 1. The highest BCUT2D eigenvalue weighted by Crippen LogP contribution is 2.30. The molecular weight excluding hydrogens is 442 g/mol. The van der Waals surface area contributed by atoms with Gasteiger partial charge in [-0.05, 0) is 25.8 Å². The summed E-state index contributed by atoms with van der Waals surface area (Å²) in [5, 5.41) is 7.51. The van der Waals surface area contributed by atoms with Crippen molar-refractivity contribution in [1.82, 2.24) is 20.0 Å². The Morgan fingerprint density at radius 1 is 1.11 bits per heavy atom. The number of hydrogen-bond donors (Lipinski definition) is 2. The maximum absolute atomic E-state index is 13.5. The zero-order chi connectivity index (χ0) is 25.0. The third-order valence-electron chi connectivity index (χ3n) is 6.14. The highest BCUT2D eigenvalue weighted by atomic mass is 16.5. The molecule has 0 radical (unpaired) electrons. The van der Waals surface area contributed by atoms with Crippen molar-refractivity contribution < 1.29 is 14.3 Å². The van der Waals surface area contributed by atoms with Gasteiger partial charge in [0.05, 0.1) is 36.7 Å². The predicted octanol–water partition coefficient (Wildman–Crippen LogP) is 2.41. The number of nitrogens with zero attached hydrogens (tertiary/aromatic N) is 3. The summed E-state index contributed by atoms with van der Waals surface area (Å²) in [5.74, 6) is -0.603. The quantitative estimate of drug-likeness (QED) is 0.521. The lowest BCUT2D eigenvalue weighted by Crippen LogP contribution is -2.58. The standard InChI is InChI=1S/C27H33N5O3/c1-27(2,28)26(34)29-23(18-35-17-19-10-6-4-7-11-19)25(33)32-15-14-21-22(16-32)30-31(3)24(21)20-12-8-5-9-13-20/h4-13,23H,14-18,28H2,1-3H3,(H,29,34)/t23-/m1/s1. The van der Waals surface area contributed by atoms with Crippen LogP contribution in [0.1, 0.15) is 30.7 Å². The number of aromatic nitrogens is 2. The molecule has 0 saturated heterocycles. The average Bonchev–Trinajstić information content (AvgIpc) is 3.18. The van der Waals surface area contributed by atoms with Gasteiger partial charge >= 0.3 is 0 Å². The van der Waals surface area contributed by atoms with E-state index in [2.05, 4.69) is 17.4 Å². The largest absolute Gasteiger partial charge is 0.374 e. The zero-order valence-electron chi connectivity index (χ0n) is 20.5. The molecule has 0 spiro atoms. The number of ether oxygens (including phenoxy) is 1. The minimum Gasteiger partial charge on any atom is -0.374 e. The Morgan fingerprint density at radius 2 is 1.77 bits per heavy atom. The summed E-state index contributed by atoms with van der Waals surface area (Å²) >= 11 is 0. The molecule has 2 heterocycles. The molecule has 0 unspecified atom stereocenters. The maximum Gasteiger partial charge on any atom is 0.247 e. The van der Waals surface area contributed by atoms with E-state index in [-0.39, 0.29) is 12.5 Å². The van der Waals surface area contributed by atoms with E-state index in [1.54, 1.807) is 18.7 Å². The van der Waals surface area contributed by atoms with E-state index >= 15 is 0 Å². The van der Waals surface area contributed by atoms with Crippen LogP contribution in [0.3, 0.4) is 0 Å². The second-order valence-electron chi connectivity index (χ2n) is 9.52. The molecule has 0 bridgehead atoms. The summed E-state index contributed by atoms with van der Waals surface area (Å²) < 4.78 is 7.72. The van der Waals surface area contributed by atoms with E-state index in [1.165, 1.54) is 0 Å². The Bertz CT molecular complexity index is 1170. The highest BCUT2D eigenvalue weighted by Gasteiger charge is 2.34. The van der Waals surface area contributed by atoms with Gasteiger partial charge in [0.15, 0.2) is 0 Å². The van der Waals surface area contributed by atoms with Gasteiger partial charge in [-0.15, -0.1) is 0 Å². The molecule has 1 aliphatic heterocycles. The van der Waals surface area contributed by atoms with E-state index < -0.39 is 17.5 Å². The molecule has 4 rings (SSSR count). The number of benzene rings is 2. The Kier molecular flexibility index (Phi) is 7.33. The van der Waals surface area contributed by atoms with E-state index in [4.69, 9.17) is 15.6 Å². The van der Waals surface area contributed by atoms with E-state index in [0.29, 0.717) is 26.1 Å². The van der Waals surface area contributed by atoms with Gasteiger partial charge in [-0.2, -0.15) is 5.10 Å². The van der Waals surface area contributed by atoms with Crippen LogP contribution in [0.15, 0.2) is 60.7 Å². The Balaban J connectivity index is 1.49. The second-order valence-corrected chi connectivity index (χ2v) is 9.52. The van der Waals surface area contributed by atoms with Gasteiger partial charge in [-0.25, -0.2) is 0 Å². The molecule has 2 aromatic carbocycles. The molecule has 184 valence electrons. The van der Waals surface area contributed by atoms with Crippen molar-refractivity contribution in [3.63, 3.8) is 0 Å². The molecule has 35 heavy (non-hydrogen) atoms. The van der Waals surface area contributed by atoms with Crippen molar-refractivity contribution in [2.45, 2.75) is 45.0 Å². The van der Waals surface area contributed by atoms with Crippen LogP contribution < -0.4 is 11.1 Å². The maximum atomic E-state index is 13.5. The van der Waals surface area contributed by atoms with Gasteiger partial charge in [-0.1, -0.05) is 60.7 Å². The summed E-state index contributed by atoms with van der Waals surface area (Å²) in [6.45, 7) is 4.54. The number of rotatable bonds is 8. The van der Waals surface area contributed by atoms with Crippen LogP contribution in [0, 0.1) is 0 Å². The van der Waals surface area contributed by atoms with Gasteiger partial charge in [0.25, 0.3) is 0 Å². The molecule has 8 nitrogen and oxygen atoms in total. The van der Waals surface area contributed by atoms with Crippen molar-refractivity contribution >= 4 is 11.8 Å². The van der Waals surface area contributed by atoms with Crippen molar-refractivity contribution in [2.75, 3.05) is 13.2 Å². The molecule has 1 aromatic heterocycles. The van der Waals surface area contributed by atoms with Gasteiger partial charge in [0, 0.05) is 24.7 Å². The summed E-state index contributed by atoms with van der Waals surface area (Å²) in [6, 6.07) is 19.0. The molecule has 1 atom stereocenters. The van der Waals surface area contributed by atoms with E-state index in [1.807, 2.05) is 60.3 Å². The number of amides is 2. The van der Waals surface area contributed by atoms with Crippen molar-refractivity contribution in [3.05, 3.63) is 77.5 Å². The minimum absolute atomic E-state index is 0.0520. The van der Waals surface area contributed by atoms with Crippen LogP contribution in [0.4, 0.5) is 0 Å². The molecule has 2 amide bonds. The molecule has 1 aliphatic rings. The first-order chi connectivity index (χ1) is 16.7. The van der Waals surface area contributed by atoms with Gasteiger partial charge in [0.2, 0.25) is 11.8 Å². The molecule has 0 aliphatic carbocycles. The minimum atomic E-state index is -1.11. The third kappa shape index (κ3) is 5.78. The Hall–Kier alpha value is -3.49. The summed E-state index contributed by atoms with van der Waals surface area (Å²) in [5.41, 5.74) is 10.1. The molecule has 8 heteroatoms. The fraction of sp³-hybridized carbons (Fsp3) is 0.370. The topological polar surface area (TPSA) is 102 Å². The number of hydrogen-bond acceptors (Lipinski definition) is 5. The third-order valence-corrected chi connectivity index (χ3v) is 6.14. The lowest BCUT2D eigenvalue weighted by Gasteiger charge is -2.31. The fourth-order valence-electron chi connectivity index (χ4n) is 4.27. The van der Waals surface area contributed by atoms with Crippen LogP contribution in [-0.2, 0) is 40.9 Å². The van der Waals surface area contributed by atoms with Gasteiger partial charge in [-0.3, -0.25) is 14.3 Å². The highest BCUT2D eigenvalue weighted by molar-refractivity contribution is 5.91.